The highest BCUT2D eigenvalue weighted by atomic mass is 16.5. The molecule has 1 unspecified atom stereocenters. The first kappa shape index (κ1) is 28.0. The second-order valence-corrected chi connectivity index (χ2v) is 11.7. The molecule has 5 heteroatoms. The molecule has 0 saturated carbocycles. The Kier molecular flexibility index (Phi) is 8.27. The molecule has 42 heavy (non-hydrogen) atoms. The van der Waals surface area contributed by atoms with Gasteiger partial charge in [0.05, 0.1) is 19.8 Å². The van der Waals surface area contributed by atoms with Crippen LogP contribution < -0.4 is 9.47 Å². The van der Waals surface area contributed by atoms with Crippen LogP contribution in [0.1, 0.15) is 69.0 Å². The maximum atomic E-state index is 13.8. The molecule has 0 N–H and O–H groups in total. The van der Waals surface area contributed by atoms with Crippen LogP contribution >= 0.6 is 0 Å². The van der Waals surface area contributed by atoms with E-state index in [9.17, 15) is 4.79 Å². The third kappa shape index (κ3) is 5.92. The molecular weight excluding hydrogens is 520 g/mol. The summed E-state index contributed by atoms with van der Waals surface area (Å²) in [4.78, 5) is 20.0. The maximum Gasteiger partial charge on any atom is 0.223 e. The molecule has 216 valence electrons. The zero-order valence-electron chi connectivity index (χ0n) is 25.0. The Bertz CT molecular complexity index is 1580. The van der Waals surface area contributed by atoms with E-state index in [0.717, 1.165) is 41.0 Å². The summed E-state index contributed by atoms with van der Waals surface area (Å²) in [6, 6.07) is 21.5. The molecule has 1 aliphatic heterocycles. The van der Waals surface area contributed by atoms with Gasteiger partial charge in [0.1, 0.15) is 0 Å². The van der Waals surface area contributed by atoms with Gasteiger partial charge in [-0.1, -0.05) is 42.0 Å². The fraction of sp³-hybridized carbons (Fsp3) is 0.351. The second-order valence-electron chi connectivity index (χ2n) is 11.7. The lowest BCUT2D eigenvalue weighted by Gasteiger charge is -2.39. The van der Waals surface area contributed by atoms with Crippen LogP contribution in [-0.4, -0.2) is 36.1 Å². The summed E-state index contributed by atoms with van der Waals surface area (Å²) in [6.07, 6.45) is 9.99. The highest BCUT2D eigenvalue weighted by molar-refractivity contribution is 5.78. The minimum Gasteiger partial charge on any atom is -0.493 e. The Balaban J connectivity index is 1.28. The molecule has 0 radical (unpaired) electrons. The molecule has 2 aliphatic rings. The Hall–Kier alpha value is -4.12. The summed E-state index contributed by atoms with van der Waals surface area (Å²) in [7, 11) is 1.70. The van der Waals surface area contributed by atoms with Crippen molar-refractivity contribution in [1.82, 2.24) is 9.88 Å². The van der Waals surface area contributed by atoms with Crippen molar-refractivity contribution in [3.63, 3.8) is 0 Å². The fourth-order valence-electron chi connectivity index (χ4n) is 6.64. The highest BCUT2D eigenvalue weighted by Gasteiger charge is 2.34. The average molecular weight is 561 g/mol. The van der Waals surface area contributed by atoms with Gasteiger partial charge >= 0.3 is 0 Å². The van der Waals surface area contributed by atoms with E-state index in [1.54, 1.807) is 19.5 Å². The molecule has 0 fully saturated rings. The molecule has 1 amide bonds. The van der Waals surface area contributed by atoms with E-state index in [1.807, 2.05) is 12.1 Å². The van der Waals surface area contributed by atoms with Crippen LogP contribution in [0.3, 0.4) is 0 Å². The Morgan fingerprint density at radius 2 is 1.67 bits per heavy atom. The normalized spacial score (nSPS) is 15.7. The first-order chi connectivity index (χ1) is 20.5. The summed E-state index contributed by atoms with van der Waals surface area (Å²) in [6.45, 7) is 5.49. The van der Waals surface area contributed by atoms with Crippen LogP contribution in [-0.2, 0) is 36.9 Å². The average Bonchev–Trinajstić information content (AvgIpc) is 3.48. The quantitative estimate of drug-likeness (QED) is 0.223. The third-order valence-corrected chi connectivity index (χ3v) is 8.88. The number of aromatic nitrogens is 1. The molecule has 1 atom stereocenters. The second kappa shape index (κ2) is 12.4. The SMILES string of the molecule is COc1cc2c(cc1OCCc1ccc3c(c1)CCC3)C(c1ccc(C)cc1C)N(C(=O)CCc1ccncc1)CC2. The maximum absolute atomic E-state index is 13.8. The van der Waals surface area contributed by atoms with Gasteiger partial charge in [-0.25, -0.2) is 0 Å². The van der Waals surface area contributed by atoms with E-state index in [0.29, 0.717) is 26.0 Å². The van der Waals surface area contributed by atoms with E-state index in [1.165, 1.54) is 52.6 Å². The van der Waals surface area contributed by atoms with Crippen LogP contribution in [0.2, 0.25) is 0 Å². The smallest absolute Gasteiger partial charge is 0.223 e. The summed E-state index contributed by atoms with van der Waals surface area (Å²) >= 11 is 0. The lowest BCUT2D eigenvalue weighted by Crippen LogP contribution is -2.41. The van der Waals surface area contributed by atoms with Crippen LogP contribution in [0.25, 0.3) is 0 Å². The Labute approximate surface area is 249 Å². The van der Waals surface area contributed by atoms with Crippen molar-refractivity contribution in [3.05, 3.63) is 123 Å². The van der Waals surface area contributed by atoms with Gasteiger partial charge in [-0.3, -0.25) is 9.78 Å². The van der Waals surface area contributed by atoms with Crippen molar-refractivity contribution in [2.24, 2.45) is 0 Å². The molecule has 6 rings (SSSR count). The number of pyridine rings is 1. The number of carbonyl (C=O) groups excluding carboxylic acids is 1. The molecular formula is C37H40N2O3. The van der Waals surface area contributed by atoms with Crippen LogP contribution in [0.15, 0.2) is 73.1 Å². The van der Waals surface area contributed by atoms with Crippen molar-refractivity contribution < 1.29 is 14.3 Å². The van der Waals surface area contributed by atoms with Crippen molar-refractivity contribution in [2.75, 3.05) is 20.3 Å². The minimum atomic E-state index is -0.177. The van der Waals surface area contributed by atoms with E-state index >= 15 is 0 Å². The number of benzene rings is 3. The zero-order chi connectivity index (χ0) is 29.1. The topological polar surface area (TPSA) is 51.7 Å². The van der Waals surface area contributed by atoms with Crippen molar-refractivity contribution in [1.29, 1.82) is 0 Å². The standard InChI is InChI=1S/C37H40N2O3/c1-25-7-11-32(26(2)21-25)37-33-24-35(42-20-16-28-8-10-29-5-4-6-30(29)22-28)34(41-3)23-31(33)15-19-39(37)36(40)12-9-27-13-17-38-18-14-27/h7-8,10-11,13-14,17-18,21-24,37H,4-6,9,12,15-16,19-20H2,1-3H3. The number of rotatable bonds is 9. The van der Waals surface area contributed by atoms with Gasteiger partial charge in [-0.2, -0.15) is 0 Å². The lowest BCUT2D eigenvalue weighted by atomic mass is 9.85. The fourth-order valence-corrected chi connectivity index (χ4v) is 6.64. The molecule has 0 spiro atoms. The molecule has 1 aliphatic carbocycles. The largest absolute Gasteiger partial charge is 0.493 e. The van der Waals surface area contributed by atoms with E-state index < -0.39 is 0 Å². The number of carbonyl (C=O) groups is 1. The van der Waals surface area contributed by atoms with Gasteiger partial charge in [0, 0.05) is 31.8 Å². The predicted molar refractivity (Wildman–Crippen MR) is 166 cm³/mol. The number of aryl methyl sites for hydroxylation is 5. The van der Waals surface area contributed by atoms with E-state index in [-0.39, 0.29) is 11.9 Å². The predicted octanol–water partition coefficient (Wildman–Crippen LogP) is 6.92. The van der Waals surface area contributed by atoms with Crippen molar-refractivity contribution in [2.45, 2.75) is 64.8 Å². The number of methoxy groups -OCH3 is 1. The molecule has 0 saturated heterocycles. The Morgan fingerprint density at radius 3 is 2.48 bits per heavy atom. The first-order valence-corrected chi connectivity index (χ1v) is 15.2. The summed E-state index contributed by atoms with van der Waals surface area (Å²) in [5.41, 5.74) is 11.3. The van der Waals surface area contributed by atoms with Gasteiger partial charge in [-0.15, -0.1) is 0 Å². The number of fused-ring (bicyclic) bond motifs is 2. The minimum absolute atomic E-state index is 0.164. The van der Waals surface area contributed by atoms with Gasteiger partial charge < -0.3 is 14.4 Å². The summed E-state index contributed by atoms with van der Waals surface area (Å²) in [5.74, 6) is 1.65. The number of hydrogen-bond donors (Lipinski definition) is 0. The van der Waals surface area contributed by atoms with Gasteiger partial charge in [0.15, 0.2) is 11.5 Å². The van der Waals surface area contributed by atoms with Crippen molar-refractivity contribution >= 4 is 5.91 Å². The van der Waals surface area contributed by atoms with Crippen LogP contribution in [0.5, 0.6) is 11.5 Å². The zero-order valence-corrected chi connectivity index (χ0v) is 25.0. The third-order valence-electron chi connectivity index (χ3n) is 8.88. The van der Waals surface area contributed by atoms with E-state index in [4.69, 9.17) is 9.47 Å². The molecule has 1 aromatic heterocycles. The Morgan fingerprint density at radius 1 is 0.833 bits per heavy atom. The van der Waals surface area contributed by atoms with E-state index in [2.05, 4.69) is 72.3 Å². The van der Waals surface area contributed by atoms with Gasteiger partial charge in [0.25, 0.3) is 0 Å². The highest BCUT2D eigenvalue weighted by Crippen LogP contribution is 2.42. The monoisotopic (exact) mass is 560 g/mol. The molecule has 4 aromatic rings. The number of amides is 1. The summed E-state index contributed by atoms with van der Waals surface area (Å²) < 4.78 is 12.2. The first-order valence-electron chi connectivity index (χ1n) is 15.2. The van der Waals surface area contributed by atoms with Crippen LogP contribution in [0.4, 0.5) is 0 Å². The molecule has 2 heterocycles. The van der Waals surface area contributed by atoms with Crippen molar-refractivity contribution in [3.8, 4) is 11.5 Å². The summed E-state index contributed by atoms with van der Waals surface area (Å²) in [5, 5.41) is 0. The van der Waals surface area contributed by atoms with Crippen LogP contribution in [0, 0.1) is 13.8 Å². The molecule has 0 bridgehead atoms. The van der Waals surface area contributed by atoms with Gasteiger partial charge in [-0.05, 0) is 115 Å². The molecule has 3 aromatic carbocycles. The number of nitrogens with zero attached hydrogens (tertiary/aromatic N) is 2. The number of ether oxygens (including phenoxy) is 2. The lowest BCUT2D eigenvalue weighted by molar-refractivity contribution is -0.133. The van der Waals surface area contributed by atoms with Gasteiger partial charge in [0.2, 0.25) is 5.91 Å². The molecule has 5 nitrogen and oxygen atoms in total. The number of hydrogen-bond acceptors (Lipinski definition) is 4.